The van der Waals surface area contributed by atoms with Crippen LogP contribution in [0.25, 0.3) is 0 Å². The summed E-state index contributed by atoms with van der Waals surface area (Å²) in [5, 5.41) is 2.73. The van der Waals surface area contributed by atoms with Crippen molar-refractivity contribution in [1.29, 1.82) is 0 Å². The largest absolute Gasteiger partial charge is 0.484 e. The minimum Gasteiger partial charge on any atom is -0.484 e. The van der Waals surface area contributed by atoms with Gasteiger partial charge in [0.15, 0.2) is 12.4 Å². The van der Waals surface area contributed by atoms with Gasteiger partial charge in [0.1, 0.15) is 5.75 Å². The molecule has 1 aromatic rings. The average Bonchev–Trinajstić information content (AvgIpc) is 2.52. The fourth-order valence-electron chi connectivity index (χ4n) is 1.87. The molecule has 6 nitrogen and oxygen atoms in total. The Bertz CT molecular complexity index is 479. The van der Waals surface area contributed by atoms with Crippen LogP contribution < -0.4 is 10.1 Å². The zero-order valence-electron chi connectivity index (χ0n) is 12.0. The molecule has 1 N–H and O–H groups in total. The smallest absolute Gasteiger partial charge is 0.258 e. The van der Waals surface area contributed by atoms with E-state index in [1.165, 1.54) is 6.92 Å². The highest BCUT2D eigenvalue weighted by molar-refractivity contribution is 5.94. The van der Waals surface area contributed by atoms with Gasteiger partial charge in [-0.1, -0.05) is 0 Å². The number of carbonyl (C=O) groups is 2. The van der Waals surface area contributed by atoms with Crippen LogP contribution in [0.3, 0.4) is 0 Å². The van der Waals surface area contributed by atoms with Crippen molar-refractivity contribution in [2.45, 2.75) is 13.0 Å². The average molecular weight is 293 g/mol. The summed E-state index contributed by atoms with van der Waals surface area (Å²) in [4.78, 5) is 22.8. The number of ether oxygens (including phenoxy) is 3. The van der Waals surface area contributed by atoms with E-state index in [4.69, 9.17) is 14.2 Å². The van der Waals surface area contributed by atoms with Crippen LogP contribution in [0.5, 0.6) is 5.75 Å². The number of amides is 1. The van der Waals surface area contributed by atoms with Gasteiger partial charge >= 0.3 is 0 Å². The van der Waals surface area contributed by atoms with E-state index < -0.39 is 0 Å². The second-order valence-corrected chi connectivity index (χ2v) is 4.74. The lowest BCUT2D eigenvalue weighted by Crippen LogP contribution is -2.41. The third-order valence-electron chi connectivity index (χ3n) is 3.04. The quantitative estimate of drug-likeness (QED) is 0.785. The predicted molar refractivity (Wildman–Crippen MR) is 75.5 cm³/mol. The molecule has 1 aliphatic heterocycles. The fraction of sp³-hybridized carbons (Fsp3) is 0.467. The number of Topliss-reactive ketones (excluding diaryl/α,β-unsaturated/α-hetero) is 1. The molecule has 21 heavy (non-hydrogen) atoms. The molecule has 0 unspecified atom stereocenters. The highest BCUT2D eigenvalue weighted by Crippen LogP contribution is 2.12. The van der Waals surface area contributed by atoms with E-state index in [1.54, 1.807) is 24.3 Å². The van der Waals surface area contributed by atoms with Crippen molar-refractivity contribution in [1.82, 2.24) is 5.32 Å². The van der Waals surface area contributed by atoms with Gasteiger partial charge in [0, 0.05) is 12.1 Å². The van der Waals surface area contributed by atoms with Crippen LogP contribution in [0.4, 0.5) is 0 Å². The lowest BCUT2D eigenvalue weighted by molar-refractivity contribution is -0.125. The Labute approximate surface area is 123 Å². The summed E-state index contributed by atoms with van der Waals surface area (Å²) < 4.78 is 16.0. The first-order chi connectivity index (χ1) is 10.1. The van der Waals surface area contributed by atoms with E-state index in [-0.39, 0.29) is 24.4 Å². The zero-order chi connectivity index (χ0) is 15.1. The van der Waals surface area contributed by atoms with Gasteiger partial charge in [0.2, 0.25) is 0 Å². The van der Waals surface area contributed by atoms with Gasteiger partial charge in [0.05, 0.1) is 25.9 Å². The number of nitrogens with one attached hydrogen (secondary N) is 1. The van der Waals surface area contributed by atoms with Crippen molar-refractivity contribution in [2.24, 2.45) is 0 Å². The number of ketones is 1. The molecule has 1 aromatic carbocycles. The topological polar surface area (TPSA) is 73.9 Å². The molecule has 1 heterocycles. The molecular weight excluding hydrogens is 274 g/mol. The Kier molecular flexibility index (Phi) is 5.71. The first-order valence-electron chi connectivity index (χ1n) is 6.85. The summed E-state index contributed by atoms with van der Waals surface area (Å²) in [6, 6.07) is 6.68. The van der Waals surface area contributed by atoms with Crippen LogP contribution in [0.1, 0.15) is 17.3 Å². The summed E-state index contributed by atoms with van der Waals surface area (Å²) >= 11 is 0. The molecule has 114 valence electrons. The normalized spacial score (nSPS) is 18.0. The Morgan fingerprint density at radius 1 is 1.29 bits per heavy atom. The Morgan fingerprint density at radius 2 is 2.05 bits per heavy atom. The molecule has 0 spiro atoms. The second kappa shape index (κ2) is 7.75. The second-order valence-electron chi connectivity index (χ2n) is 4.74. The SMILES string of the molecule is CC(=O)c1ccc(OCC(=O)NC[C@H]2COCCO2)cc1. The lowest BCUT2D eigenvalue weighted by atomic mass is 10.1. The molecule has 2 rings (SSSR count). The van der Waals surface area contributed by atoms with E-state index in [2.05, 4.69) is 5.32 Å². The predicted octanol–water partition coefficient (Wildman–Crippen LogP) is 0.800. The molecule has 0 radical (unpaired) electrons. The molecule has 1 fully saturated rings. The zero-order valence-corrected chi connectivity index (χ0v) is 12.0. The van der Waals surface area contributed by atoms with Gasteiger partial charge < -0.3 is 19.5 Å². The van der Waals surface area contributed by atoms with E-state index in [9.17, 15) is 9.59 Å². The molecule has 0 aromatic heterocycles. The van der Waals surface area contributed by atoms with Crippen LogP contribution in [-0.2, 0) is 14.3 Å². The molecular formula is C15H19NO5. The first-order valence-corrected chi connectivity index (χ1v) is 6.85. The van der Waals surface area contributed by atoms with Gasteiger partial charge in [-0.25, -0.2) is 0 Å². The Hall–Kier alpha value is -1.92. The van der Waals surface area contributed by atoms with Crippen molar-refractivity contribution < 1.29 is 23.8 Å². The number of rotatable bonds is 6. The van der Waals surface area contributed by atoms with Crippen LogP contribution in [-0.4, -0.2) is 50.8 Å². The highest BCUT2D eigenvalue weighted by Gasteiger charge is 2.15. The van der Waals surface area contributed by atoms with E-state index in [0.29, 0.717) is 37.7 Å². The van der Waals surface area contributed by atoms with Crippen molar-refractivity contribution in [3.05, 3.63) is 29.8 Å². The van der Waals surface area contributed by atoms with Crippen molar-refractivity contribution in [2.75, 3.05) is 33.0 Å². The minimum absolute atomic E-state index is 0.00556. The maximum absolute atomic E-state index is 11.6. The third kappa shape index (κ3) is 5.17. The summed E-state index contributed by atoms with van der Waals surface area (Å²) in [6.45, 7) is 3.48. The van der Waals surface area contributed by atoms with Crippen LogP contribution in [0, 0.1) is 0 Å². The molecule has 0 bridgehead atoms. The van der Waals surface area contributed by atoms with Crippen molar-refractivity contribution >= 4 is 11.7 Å². The molecule has 0 aliphatic carbocycles. The van der Waals surface area contributed by atoms with E-state index in [0.717, 1.165) is 0 Å². The Balaban J connectivity index is 1.69. The first kappa shape index (κ1) is 15.5. The number of benzene rings is 1. The number of hydrogen-bond donors (Lipinski definition) is 1. The molecule has 1 saturated heterocycles. The molecule has 1 aliphatic rings. The Morgan fingerprint density at radius 3 is 2.67 bits per heavy atom. The maximum Gasteiger partial charge on any atom is 0.258 e. The molecule has 6 heteroatoms. The summed E-state index contributed by atoms with van der Waals surface area (Å²) in [5.41, 5.74) is 0.612. The lowest BCUT2D eigenvalue weighted by Gasteiger charge is -2.23. The molecule has 1 atom stereocenters. The van der Waals surface area contributed by atoms with Crippen LogP contribution in [0.2, 0.25) is 0 Å². The van der Waals surface area contributed by atoms with E-state index in [1.807, 2.05) is 0 Å². The van der Waals surface area contributed by atoms with E-state index >= 15 is 0 Å². The standard InChI is InChI=1S/C15H19NO5/c1-11(17)12-2-4-13(5-3-12)21-10-15(18)16-8-14-9-19-6-7-20-14/h2-5,14H,6-10H2,1H3,(H,16,18)/t14-/m0/s1. The molecule has 1 amide bonds. The number of hydrogen-bond acceptors (Lipinski definition) is 5. The summed E-state index contributed by atoms with van der Waals surface area (Å²) in [5.74, 6) is 0.321. The number of carbonyl (C=O) groups excluding carboxylic acids is 2. The van der Waals surface area contributed by atoms with Crippen LogP contribution >= 0.6 is 0 Å². The summed E-state index contributed by atoms with van der Waals surface area (Å²) in [7, 11) is 0. The molecule has 0 saturated carbocycles. The van der Waals surface area contributed by atoms with Gasteiger partial charge in [-0.15, -0.1) is 0 Å². The van der Waals surface area contributed by atoms with Gasteiger partial charge in [-0.2, -0.15) is 0 Å². The monoisotopic (exact) mass is 293 g/mol. The van der Waals surface area contributed by atoms with Crippen LogP contribution in [0.15, 0.2) is 24.3 Å². The fourth-order valence-corrected chi connectivity index (χ4v) is 1.87. The minimum atomic E-state index is -0.222. The summed E-state index contributed by atoms with van der Waals surface area (Å²) in [6.07, 6.45) is -0.0995. The third-order valence-corrected chi connectivity index (χ3v) is 3.04. The van der Waals surface area contributed by atoms with Crippen molar-refractivity contribution in [3.63, 3.8) is 0 Å². The maximum atomic E-state index is 11.6. The highest BCUT2D eigenvalue weighted by atomic mass is 16.6. The van der Waals surface area contributed by atoms with Crippen molar-refractivity contribution in [3.8, 4) is 5.75 Å². The van der Waals surface area contributed by atoms with Gasteiger partial charge in [0.25, 0.3) is 5.91 Å². The van der Waals surface area contributed by atoms with Gasteiger partial charge in [-0.05, 0) is 31.2 Å². The van der Waals surface area contributed by atoms with Gasteiger partial charge in [-0.3, -0.25) is 9.59 Å².